The van der Waals surface area contributed by atoms with E-state index < -0.39 is 22.4 Å². The van der Waals surface area contributed by atoms with Crippen molar-refractivity contribution in [2.24, 2.45) is 0 Å². The van der Waals surface area contributed by atoms with Gasteiger partial charge >= 0.3 is 6.18 Å². The zero-order valence-corrected chi connectivity index (χ0v) is 11.7. The van der Waals surface area contributed by atoms with Crippen LogP contribution in [0.2, 0.25) is 0 Å². The van der Waals surface area contributed by atoms with E-state index in [-0.39, 0.29) is 21.5 Å². The van der Waals surface area contributed by atoms with Gasteiger partial charge in [0.25, 0.3) is 5.69 Å². The van der Waals surface area contributed by atoms with Crippen LogP contribution in [0.5, 0.6) is 0 Å². The quantitative estimate of drug-likeness (QED) is 0.392. The fraction of sp³-hybridized carbons (Fsp3) is 0.0833. The zero-order valence-electron chi connectivity index (χ0n) is 10.9. The Morgan fingerprint density at radius 2 is 1.96 bits per heavy atom. The number of halogens is 3. The number of fused-ring (bicyclic) bond motifs is 5. The molecule has 0 spiro atoms. The maximum Gasteiger partial charge on any atom is 0.416 e. The van der Waals surface area contributed by atoms with E-state index in [0.29, 0.717) is 11.0 Å². The number of non-ortho nitro benzene ring substituents is 1. The summed E-state index contributed by atoms with van der Waals surface area (Å²) >= 11 is 0.925. The molecule has 116 valence electrons. The summed E-state index contributed by atoms with van der Waals surface area (Å²) < 4.78 is 40.6. The highest BCUT2D eigenvalue weighted by Crippen LogP contribution is 2.40. The van der Waals surface area contributed by atoms with Crippen molar-refractivity contribution in [1.29, 1.82) is 0 Å². The predicted octanol–water partition coefficient (Wildman–Crippen LogP) is 3.42. The lowest BCUT2D eigenvalue weighted by atomic mass is 10.2. The highest BCUT2D eigenvalue weighted by molar-refractivity contribution is 7.24. The van der Waals surface area contributed by atoms with Gasteiger partial charge in [0.1, 0.15) is 4.70 Å². The number of aromatic nitrogens is 4. The molecule has 3 aromatic heterocycles. The average molecular weight is 339 g/mol. The van der Waals surface area contributed by atoms with Gasteiger partial charge in [0.05, 0.1) is 16.0 Å². The summed E-state index contributed by atoms with van der Waals surface area (Å²) in [7, 11) is 0. The Morgan fingerprint density at radius 3 is 2.65 bits per heavy atom. The molecule has 3 heterocycles. The second-order valence-corrected chi connectivity index (χ2v) is 5.61. The highest BCUT2D eigenvalue weighted by Gasteiger charge is 2.34. The van der Waals surface area contributed by atoms with Gasteiger partial charge in [0.15, 0.2) is 16.3 Å². The van der Waals surface area contributed by atoms with Crippen molar-refractivity contribution in [2.75, 3.05) is 0 Å². The van der Waals surface area contributed by atoms with Crippen molar-refractivity contribution in [1.82, 2.24) is 19.4 Å². The molecule has 4 aromatic rings. The van der Waals surface area contributed by atoms with E-state index in [2.05, 4.69) is 15.0 Å². The molecule has 4 rings (SSSR count). The number of alkyl halides is 3. The number of benzene rings is 1. The van der Waals surface area contributed by atoms with Crippen molar-refractivity contribution in [2.45, 2.75) is 6.18 Å². The predicted molar refractivity (Wildman–Crippen MR) is 75.3 cm³/mol. The molecule has 0 aliphatic heterocycles. The van der Waals surface area contributed by atoms with Gasteiger partial charge in [0, 0.05) is 18.5 Å². The van der Waals surface area contributed by atoms with Crippen LogP contribution >= 0.6 is 11.3 Å². The number of rotatable bonds is 1. The second-order valence-electron chi connectivity index (χ2n) is 4.63. The number of thiazole rings is 1. The number of hydrogen-bond donors (Lipinski definition) is 0. The van der Waals surface area contributed by atoms with Gasteiger partial charge in [-0.3, -0.25) is 14.5 Å². The maximum absolute atomic E-state index is 13.0. The van der Waals surface area contributed by atoms with Crippen LogP contribution in [0.15, 0.2) is 24.5 Å². The maximum atomic E-state index is 13.0. The first-order chi connectivity index (χ1) is 10.9. The third-order valence-electron chi connectivity index (χ3n) is 3.27. The van der Waals surface area contributed by atoms with Crippen LogP contribution in [0.1, 0.15) is 5.56 Å². The molecule has 0 saturated carbocycles. The molecule has 0 atom stereocenters. The third-order valence-corrected chi connectivity index (χ3v) is 4.35. The summed E-state index contributed by atoms with van der Waals surface area (Å²) in [4.78, 5) is 22.8. The minimum atomic E-state index is -4.70. The molecule has 1 aromatic carbocycles. The highest BCUT2D eigenvalue weighted by atomic mass is 32.1. The summed E-state index contributed by atoms with van der Waals surface area (Å²) in [6.45, 7) is 0. The number of nitrogens with zero attached hydrogens (tertiary/aromatic N) is 5. The van der Waals surface area contributed by atoms with E-state index in [0.717, 1.165) is 17.4 Å². The first-order valence-electron chi connectivity index (χ1n) is 6.13. The van der Waals surface area contributed by atoms with Crippen LogP contribution in [-0.4, -0.2) is 24.3 Å². The number of imidazole rings is 1. The fourth-order valence-electron chi connectivity index (χ4n) is 2.34. The Bertz CT molecular complexity index is 1100. The van der Waals surface area contributed by atoms with Gasteiger partial charge in [-0.1, -0.05) is 11.3 Å². The lowest BCUT2D eigenvalue weighted by molar-refractivity contribution is -0.383. The molecule has 0 N–H and O–H groups in total. The monoisotopic (exact) mass is 339 g/mol. The molecule has 0 bridgehead atoms. The molecular formula is C12H4F3N5O2S. The minimum absolute atomic E-state index is 0.0366. The number of nitro benzene ring substituents is 1. The Labute approximate surface area is 128 Å². The normalized spacial score (nSPS) is 12.5. The molecule has 0 amide bonds. The smallest absolute Gasteiger partial charge is 0.265 e. The lowest BCUT2D eigenvalue weighted by Crippen LogP contribution is -2.06. The zero-order chi connectivity index (χ0) is 16.4. The van der Waals surface area contributed by atoms with Crippen molar-refractivity contribution in [3.8, 4) is 0 Å². The minimum Gasteiger partial charge on any atom is -0.265 e. The molecule has 11 heteroatoms. The third kappa shape index (κ3) is 1.93. The molecule has 0 fully saturated rings. The van der Waals surface area contributed by atoms with Crippen LogP contribution in [0.4, 0.5) is 18.9 Å². The first kappa shape index (κ1) is 13.8. The summed E-state index contributed by atoms with van der Waals surface area (Å²) in [6.07, 6.45) is -1.91. The summed E-state index contributed by atoms with van der Waals surface area (Å²) in [5, 5.41) is 11.1. The summed E-state index contributed by atoms with van der Waals surface area (Å²) in [5.74, 6) is 0. The average Bonchev–Trinajstić information content (AvgIpc) is 3.00. The lowest BCUT2D eigenvalue weighted by Gasteiger charge is -2.06. The van der Waals surface area contributed by atoms with E-state index in [1.165, 1.54) is 16.8 Å². The van der Waals surface area contributed by atoms with Gasteiger partial charge in [0.2, 0.25) is 0 Å². The van der Waals surface area contributed by atoms with E-state index in [1.807, 2.05) is 0 Å². The van der Waals surface area contributed by atoms with Gasteiger partial charge in [-0.2, -0.15) is 18.2 Å². The molecule has 23 heavy (non-hydrogen) atoms. The van der Waals surface area contributed by atoms with E-state index in [1.54, 1.807) is 0 Å². The summed E-state index contributed by atoms with van der Waals surface area (Å²) in [6, 6.07) is 1.40. The molecule has 0 aliphatic carbocycles. The molecule has 7 nitrogen and oxygen atoms in total. The molecule has 0 radical (unpaired) electrons. The molecule has 0 unspecified atom stereocenters. The van der Waals surface area contributed by atoms with Crippen LogP contribution < -0.4 is 0 Å². The SMILES string of the molecule is O=[N+]([O-])c1cc(C(F)(F)F)cc2c1sc1nc3nccnc3n12. The van der Waals surface area contributed by atoms with Gasteiger partial charge in [-0.05, 0) is 6.07 Å². The first-order valence-corrected chi connectivity index (χ1v) is 6.95. The van der Waals surface area contributed by atoms with Crippen molar-refractivity contribution in [3.05, 3.63) is 40.2 Å². The Kier molecular flexibility index (Phi) is 2.61. The fourth-order valence-corrected chi connectivity index (χ4v) is 3.42. The van der Waals surface area contributed by atoms with Crippen LogP contribution in [-0.2, 0) is 6.18 Å². The molecule has 0 saturated heterocycles. The second kappa shape index (κ2) is 4.35. The van der Waals surface area contributed by atoms with Crippen molar-refractivity contribution in [3.63, 3.8) is 0 Å². The largest absolute Gasteiger partial charge is 0.416 e. The van der Waals surface area contributed by atoms with Gasteiger partial charge in [-0.25, -0.2) is 9.97 Å². The Hall–Kier alpha value is -2.82. The molecule has 0 aliphatic rings. The number of hydrogen-bond acceptors (Lipinski definition) is 6. The number of nitro groups is 1. The molecular weight excluding hydrogens is 335 g/mol. The van der Waals surface area contributed by atoms with E-state index in [9.17, 15) is 23.3 Å². The van der Waals surface area contributed by atoms with Gasteiger partial charge < -0.3 is 0 Å². The Morgan fingerprint density at radius 1 is 1.22 bits per heavy atom. The van der Waals surface area contributed by atoms with Crippen LogP contribution in [0, 0.1) is 10.1 Å². The van der Waals surface area contributed by atoms with Crippen molar-refractivity contribution >= 4 is 43.5 Å². The topological polar surface area (TPSA) is 86.2 Å². The summed E-state index contributed by atoms with van der Waals surface area (Å²) in [5.41, 5.74) is -1.15. The van der Waals surface area contributed by atoms with E-state index in [4.69, 9.17) is 0 Å². The van der Waals surface area contributed by atoms with E-state index >= 15 is 0 Å². The Balaban J connectivity index is 2.22. The van der Waals surface area contributed by atoms with Crippen molar-refractivity contribution < 1.29 is 18.1 Å². The van der Waals surface area contributed by atoms with Gasteiger partial charge in [-0.15, -0.1) is 0 Å². The van der Waals surface area contributed by atoms with Crippen LogP contribution in [0.3, 0.4) is 0 Å². The standard InChI is InChI=1S/C12H4F3N5O2S/c13-12(14,15)5-3-6-8(7(4-5)20(21)22)23-11-18-9-10(19(6)11)17-2-1-16-9/h1-4H. The van der Waals surface area contributed by atoms with Crippen LogP contribution in [0.25, 0.3) is 26.5 Å².